The zero-order valence-corrected chi connectivity index (χ0v) is 12.7. The molecule has 0 aromatic carbocycles. The Hall–Kier alpha value is -1.47. The number of rotatable bonds is 5. The van der Waals surface area contributed by atoms with Gasteiger partial charge >= 0.3 is 5.97 Å². The van der Waals surface area contributed by atoms with Gasteiger partial charge in [-0.3, -0.25) is 4.79 Å². The van der Waals surface area contributed by atoms with Gasteiger partial charge in [-0.1, -0.05) is 11.3 Å². The molecule has 0 amide bonds. The van der Waals surface area contributed by atoms with Gasteiger partial charge in [0.15, 0.2) is 16.6 Å². The van der Waals surface area contributed by atoms with Crippen molar-refractivity contribution < 1.29 is 19.1 Å². The summed E-state index contributed by atoms with van der Waals surface area (Å²) in [5.74, 6) is -0.761. The van der Waals surface area contributed by atoms with Crippen LogP contribution in [0.1, 0.15) is 39.9 Å². The van der Waals surface area contributed by atoms with E-state index in [0.717, 1.165) is 19.4 Å². The number of thiazole rings is 1. The average Bonchev–Trinajstić information content (AvgIpc) is 3.06. The SMILES string of the molecule is COC(=O)c1nc(N(C)CC2CCCO2)sc1C(C)=O. The number of aromatic nitrogens is 1. The maximum absolute atomic E-state index is 11.6. The van der Waals surface area contributed by atoms with Gasteiger partial charge in [0.25, 0.3) is 0 Å². The number of esters is 1. The second-order valence-electron chi connectivity index (χ2n) is 4.74. The molecule has 1 fully saturated rings. The van der Waals surface area contributed by atoms with Gasteiger partial charge in [-0.2, -0.15) is 0 Å². The summed E-state index contributed by atoms with van der Waals surface area (Å²) in [7, 11) is 3.16. The number of carbonyl (C=O) groups is 2. The summed E-state index contributed by atoms with van der Waals surface area (Å²) in [5.41, 5.74) is 0.0965. The Bertz CT molecular complexity index is 508. The summed E-state index contributed by atoms with van der Waals surface area (Å²) in [6, 6.07) is 0. The third-order valence-electron chi connectivity index (χ3n) is 3.14. The van der Waals surface area contributed by atoms with Crippen LogP contribution in [0.25, 0.3) is 0 Å². The Morgan fingerprint density at radius 1 is 1.55 bits per heavy atom. The number of hydrogen-bond donors (Lipinski definition) is 0. The summed E-state index contributed by atoms with van der Waals surface area (Å²) >= 11 is 1.21. The Labute approximate surface area is 121 Å². The van der Waals surface area contributed by atoms with Crippen molar-refractivity contribution in [3.8, 4) is 0 Å². The van der Waals surface area contributed by atoms with E-state index in [1.165, 1.54) is 25.4 Å². The van der Waals surface area contributed by atoms with Gasteiger partial charge in [0.05, 0.1) is 13.2 Å². The molecule has 0 aliphatic carbocycles. The molecule has 1 aromatic rings. The van der Waals surface area contributed by atoms with Gasteiger partial charge in [0.1, 0.15) is 4.88 Å². The lowest BCUT2D eigenvalue weighted by Gasteiger charge is -2.19. The Kier molecular flexibility index (Phi) is 4.72. The number of carbonyl (C=O) groups excluding carboxylic acids is 2. The summed E-state index contributed by atoms with van der Waals surface area (Å²) in [6.45, 7) is 2.91. The summed E-state index contributed by atoms with van der Waals surface area (Å²) in [5, 5.41) is 0.631. The van der Waals surface area contributed by atoms with Gasteiger partial charge < -0.3 is 14.4 Å². The molecule has 6 nitrogen and oxygen atoms in total. The highest BCUT2D eigenvalue weighted by molar-refractivity contribution is 7.17. The van der Waals surface area contributed by atoms with Gasteiger partial charge in [0, 0.05) is 27.1 Å². The highest BCUT2D eigenvalue weighted by Gasteiger charge is 2.25. The van der Waals surface area contributed by atoms with E-state index < -0.39 is 5.97 Å². The van der Waals surface area contributed by atoms with E-state index in [9.17, 15) is 9.59 Å². The Balaban J connectivity index is 2.18. The van der Waals surface area contributed by atoms with Crippen LogP contribution in [0.4, 0.5) is 5.13 Å². The lowest BCUT2D eigenvalue weighted by atomic mass is 10.2. The molecule has 1 atom stereocenters. The molecule has 0 spiro atoms. The molecule has 20 heavy (non-hydrogen) atoms. The molecular formula is C13H18N2O4S. The zero-order valence-electron chi connectivity index (χ0n) is 11.8. The van der Waals surface area contributed by atoms with Crippen LogP contribution in [-0.4, -0.2) is 50.1 Å². The molecule has 1 unspecified atom stereocenters. The fourth-order valence-electron chi connectivity index (χ4n) is 2.12. The van der Waals surface area contributed by atoms with Crippen LogP contribution in [0, 0.1) is 0 Å². The van der Waals surface area contributed by atoms with Crippen LogP contribution in [0.2, 0.25) is 0 Å². The number of hydrogen-bond acceptors (Lipinski definition) is 7. The topological polar surface area (TPSA) is 68.7 Å². The molecule has 1 aliphatic rings. The zero-order chi connectivity index (χ0) is 14.7. The smallest absolute Gasteiger partial charge is 0.358 e. The largest absolute Gasteiger partial charge is 0.464 e. The van der Waals surface area contributed by atoms with E-state index in [0.29, 0.717) is 16.6 Å². The van der Waals surface area contributed by atoms with Crippen molar-refractivity contribution in [3.05, 3.63) is 10.6 Å². The molecule has 1 aromatic heterocycles. The van der Waals surface area contributed by atoms with E-state index >= 15 is 0 Å². The van der Waals surface area contributed by atoms with Gasteiger partial charge in [-0.15, -0.1) is 0 Å². The summed E-state index contributed by atoms with van der Waals surface area (Å²) < 4.78 is 10.2. The van der Waals surface area contributed by atoms with Crippen molar-refractivity contribution in [2.75, 3.05) is 32.2 Å². The second-order valence-corrected chi connectivity index (χ2v) is 5.72. The molecule has 0 N–H and O–H groups in total. The van der Waals surface area contributed by atoms with Crippen LogP contribution in [-0.2, 0) is 9.47 Å². The van der Waals surface area contributed by atoms with Crippen LogP contribution >= 0.6 is 11.3 Å². The molecule has 110 valence electrons. The number of likely N-dealkylation sites (N-methyl/N-ethyl adjacent to an activating group) is 1. The van der Waals surface area contributed by atoms with Crippen molar-refractivity contribution in [1.29, 1.82) is 0 Å². The maximum atomic E-state index is 11.6. The van der Waals surface area contributed by atoms with Crippen molar-refractivity contribution in [1.82, 2.24) is 4.98 Å². The normalized spacial score (nSPS) is 18.1. The number of ether oxygens (including phenoxy) is 2. The van der Waals surface area contributed by atoms with Crippen LogP contribution in [0.15, 0.2) is 0 Å². The third-order valence-corrected chi connectivity index (χ3v) is 4.41. The number of methoxy groups -OCH3 is 1. The lowest BCUT2D eigenvalue weighted by Crippen LogP contribution is -2.28. The third kappa shape index (κ3) is 3.16. The highest BCUT2D eigenvalue weighted by atomic mass is 32.1. The van der Waals surface area contributed by atoms with E-state index in [1.807, 2.05) is 11.9 Å². The number of ketones is 1. The molecule has 2 rings (SSSR count). The first-order chi connectivity index (χ1) is 9.52. The second kappa shape index (κ2) is 6.32. The van der Waals surface area contributed by atoms with Gasteiger partial charge in [-0.25, -0.2) is 9.78 Å². The van der Waals surface area contributed by atoms with Crippen molar-refractivity contribution in [2.24, 2.45) is 0 Å². The van der Waals surface area contributed by atoms with Gasteiger partial charge in [-0.05, 0) is 12.8 Å². The standard InChI is InChI=1S/C13H18N2O4S/c1-8(16)11-10(12(17)18-3)14-13(20-11)15(2)7-9-5-4-6-19-9/h9H,4-7H2,1-3H3. The molecule has 1 saturated heterocycles. The molecular weight excluding hydrogens is 280 g/mol. The van der Waals surface area contributed by atoms with Crippen molar-refractivity contribution in [2.45, 2.75) is 25.9 Å². The lowest BCUT2D eigenvalue weighted by molar-refractivity contribution is 0.0591. The quantitative estimate of drug-likeness (QED) is 0.609. The van der Waals surface area contributed by atoms with E-state index in [4.69, 9.17) is 4.74 Å². The maximum Gasteiger partial charge on any atom is 0.358 e. The Morgan fingerprint density at radius 2 is 2.30 bits per heavy atom. The number of nitrogens with zero attached hydrogens (tertiary/aromatic N) is 2. The monoisotopic (exact) mass is 298 g/mol. The summed E-state index contributed by atoms with van der Waals surface area (Å²) in [4.78, 5) is 29.7. The minimum absolute atomic E-state index is 0.0965. The van der Waals surface area contributed by atoms with Crippen LogP contribution < -0.4 is 4.90 Å². The molecule has 0 saturated carbocycles. The highest BCUT2D eigenvalue weighted by Crippen LogP contribution is 2.27. The first kappa shape index (κ1) is 14.9. The van der Waals surface area contributed by atoms with E-state index in [1.54, 1.807) is 0 Å². The number of Topliss-reactive ketones (excluding diaryl/α,β-unsaturated/α-hetero) is 1. The molecule has 0 bridgehead atoms. The fraction of sp³-hybridized carbons (Fsp3) is 0.615. The van der Waals surface area contributed by atoms with Crippen molar-refractivity contribution >= 4 is 28.2 Å². The minimum atomic E-state index is -0.580. The predicted octanol–water partition coefficient (Wildman–Crippen LogP) is 1.75. The van der Waals surface area contributed by atoms with Crippen LogP contribution in [0.3, 0.4) is 0 Å². The molecule has 7 heteroatoms. The van der Waals surface area contributed by atoms with E-state index in [2.05, 4.69) is 9.72 Å². The summed E-state index contributed by atoms with van der Waals surface area (Å²) in [6.07, 6.45) is 2.29. The number of anilines is 1. The molecule has 1 aliphatic heterocycles. The predicted molar refractivity (Wildman–Crippen MR) is 75.7 cm³/mol. The molecule has 0 radical (unpaired) electrons. The average molecular weight is 298 g/mol. The minimum Gasteiger partial charge on any atom is -0.464 e. The first-order valence-electron chi connectivity index (χ1n) is 6.45. The van der Waals surface area contributed by atoms with Crippen molar-refractivity contribution in [3.63, 3.8) is 0 Å². The van der Waals surface area contributed by atoms with Gasteiger partial charge in [0.2, 0.25) is 0 Å². The van der Waals surface area contributed by atoms with E-state index in [-0.39, 0.29) is 17.6 Å². The fourth-order valence-corrected chi connectivity index (χ4v) is 3.04. The molecule has 2 heterocycles. The first-order valence-corrected chi connectivity index (χ1v) is 7.27. The Morgan fingerprint density at radius 3 is 2.85 bits per heavy atom. The van der Waals surface area contributed by atoms with Crippen LogP contribution in [0.5, 0.6) is 0 Å².